The fraction of sp³-hybridized carbons (Fsp3) is 0.250. The van der Waals surface area contributed by atoms with E-state index >= 15 is 0 Å². The number of carbonyl (C=O) groups is 2. The van der Waals surface area contributed by atoms with Crippen molar-refractivity contribution < 1.29 is 14.0 Å². The molecule has 3 N–H and O–H groups in total. The summed E-state index contributed by atoms with van der Waals surface area (Å²) in [6.07, 6.45) is 0.583. The van der Waals surface area contributed by atoms with E-state index in [0.717, 1.165) is 0 Å². The van der Waals surface area contributed by atoms with Gasteiger partial charge in [-0.3, -0.25) is 9.59 Å². The number of imidazole rings is 1. The number of carbonyl (C=O) groups excluding carboxylic acids is 2. The molecule has 0 spiro atoms. The van der Waals surface area contributed by atoms with Gasteiger partial charge >= 0.3 is 0 Å². The first-order valence-electron chi connectivity index (χ1n) is 8.88. The Labute approximate surface area is 162 Å². The Kier molecular flexibility index (Phi) is 6.00. The van der Waals surface area contributed by atoms with Crippen molar-refractivity contribution in [2.75, 3.05) is 31.3 Å². The standard InChI is InChI=1S/C20H22FN5O2/c1-26(2)12-20(28)25-15-6-4-3-5-14(15)24-19(27)10-9-18-22-16-8-7-13(21)11-17(16)23-18/h3-8,11H,9-10,12H2,1-2H3,(H,22,23)(H,24,27)(H,25,28). The van der Waals surface area contributed by atoms with Crippen molar-refractivity contribution in [2.24, 2.45) is 0 Å². The molecular weight excluding hydrogens is 361 g/mol. The number of hydrogen-bond acceptors (Lipinski definition) is 4. The Hall–Kier alpha value is -3.26. The fourth-order valence-corrected chi connectivity index (χ4v) is 2.78. The summed E-state index contributed by atoms with van der Waals surface area (Å²) < 4.78 is 13.3. The molecule has 0 unspecified atom stereocenters. The van der Waals surface area contributed by atoms with Crippen LogP contribution >= 0.6 is 0 Å². The van der Waals surface area contributed by atoms with Crippen molar-refractivity contribution in [2.45, 2.75) is 12.8 Å². The topological polar surface area (TPSA) is 90.1 Å². The van der Waals surface area contributed by atoms with E-state index in [1.807, 2.05) is 0 Å². The van der Waals surface area contributed by atoms with Crippen LogP contribution in [0.3, 0.4) is 0 Å². The number of nitrogens with one attached hydrogen (secondary N) is 3. The normalized spacial score (nSPS) is 11.0. The van der Waals surface area contributed by atoms with Crippen LogP contribution in [0.25, 0.3) is 11.0 Å². The number of para-hydroxylation sites is 2. The highest BCUT2D eigenvalue weighted by atomic mass is 19.1. The number of aryl methyl sites for hydroxylation is 1. The second-order valence-corrected chi connectivity index (χ2v) is 6.72. The van der Waals surface area contributed by atoms with Gasteiger partial charge in [-0.15, -0.1) is 0 Å². The predicted molar refractivity (Wildman–Crippen MR) is 107 cm³/mol. The Morgan fingerprint density at radius 1 is 1.07 bits per heavy atom. The maximum Gasteiger partial charge on any atom is 0.238 e. The highest BCUT2D eigenvalue weighted by Gasteiger charge is 2.11. The largest absolute Gasteiger partial charge is 0.342 e. The number of anilines is 2. The van der Waals surface area contributed by atoms with E-state index in [-0.39, 0.29) is 30.6 Å². The second kappa shape index (κ2) is 8.62. The molecule has 7 nitrogen and oxygen atoms in total. The third kappa shape index (κ3) is 5.14. The van der Waals surface area contributed by atoms with Crippen molar-refractivity contribution in [3.05, 3.63) is 54.1 Å². The molecule has 146 valence electrons. The van der Waals surface area contributed by atoms with Crippen LogP contribution in [-0.4, -0.2) is 47.3 Å². The van der Waals surface area contributed by atoms with Crippen molar-refractivity contribution in [3.63, 3.8) is 0 Å². The Bertz CT molecular complexity index is 999. The monoisotopic (exact) mass is 383 g/mol. The molecule has 0 aliphatic carbocycles. The smallest absolute Gasteiger partial charge is 0.238 e. The third-order valence-corrected chi connectivity index (χ3v) is 4.02. The SMILES string of the molecule is CN(C)CC(=O)Nc1ccccc1NC(=O)CCc1nc2ccc(F)cc2[nH]1. The third-order valence-electron chi connectivity index (χ3n) is 4.02. The molecule has 2 aromatic carbocycles. The van der Waals surface area contributed by atoms with Gasteiger partial charge in [0.05, 0.1) is 29.0 Å². The van der Waals surface area contributed by atoms with Crippen molar-refractivity contribution in [3.8, 4) is 0 Å². The number of fused-ring (bicyclic) bond motifs is 1. The molecule has 0 fully saturated rings. The summed E-state index contributed by atoms with van der Waals surface area (Å²) in [6.45, 7) is 0.245. The van der Waals surface area contributed by atoms with Crippen LogP contribution in [0.1, 0.15) is 12.2 Å². The zero-order chi connectivity index (χ0) is 20.1. The summed E-state index contributed by atoms with van der Waals surface area (Å²) >= 11 is 0. The summed E-state index contributed by atoms with van der Waals surface area (Å²) in [5.41, 5.74) is 2.34. The molecule has 8 heteroatoms. The van der Waals surface area contributed by atoms with Crippen LogP contribution in [0.5, 0.6) is 0 Å². The van der Waals surface area contributed by atoms with Gasteiger partial charge < -0.3 is 20.5 Å². The number of nitrogens with zero attached hydrogens (tertiary/aromatic N) is 2. The number of aromatic amines is 1. The lowest BCUT2D eigenvalue weighted by Crippen LogP contribution is -2.27. The highest BCUT2D eigenvalue weighted by Crippen LogP contribution is 2.21. The summed E-state index contributed by atoms with van der Waals surface area (Å²) in [5, 5.41) is 5.61. The minimum Gasteiger partial charge on any atom is -0.342 e. The molecule has 1 aromatic heterocycles. The maximum absolute atomic E-state index is 13.3. The first kappa shape index (κ1) is 19.5. The molecule has 0 aliphatic rings. The van der Waals surface area contributed by atoms with Gasteiger partial charge in [-0.1, -0.05) is 12.1 Å². The first-order chi connectivity index (χ1) is 13.4. The van der Waals surface area contributed by atoms with E-state index in [4.69, 9.17) is 0 Å². The molecule has 2 amide bonds. The van der Waals surface area contributed by atoms with Crippen LogP contribution in [0.15, 0.2) is 42.5 Å². The minimum absolute atomic E-state index is 0.166. The molecule has 0 saturated carbocycles. The zero-order valence-electron chi connectivity index (χ0n) is 15.8. The van der Waals surface area contributed by atoms with Crippen molar-refractivity contribution in [1.29, 1.82) is 0 Å². The van der Waals surface area contributed by atoms with Crippen LogP contribution < -0.4 is 10.6 Å². The first-order valence-corrected chi connectivity index (χ1v) is 8.88. The quantitative estimate of drug-likeness (QED) is 0.585. The number of likely N-dealkylation sites (N-methyl/N-ethyl adjacent to an activating group) is 1. The van der Waals surface area contributed by atoms with Gasteiger partial charge in [-0.05, 0) is 44.4 Å². The molecule has 28 heavy (non-hydrogen) atoms. The van der Waals surface area contributed by atoms with E-state index in [9.17, 15) is 14.0 Å². The van der Waals surface area contributed by atoms with E-state index < -0.39 is 0 Å². The number of halogens is 1. The molecule has 0 saturated heterocycles. The van der Waals surface area contributed by atoms with Crippen LogP contribution in [-0.2, 0) is 16.0 Å². The van der Waals surface area contributed by atoms with E-state index in [1.165, 1.54) is 12.1 Å². The Balaban J connectivity index is 1.60. The van der Waals surface area contributed by atoms with Crippen LogP contribution in [0, 0.1) is 5.82 Å². The van der Waals surface area contributed by atoms with Gasteiger partial charge in [-0.2, -0.15) is 0 Å². The van der Waals surface area contributed by atoms with Crippen molar-refractivity contribution in [1.82, 2.24) is 14.9 Å². The number of H-pyrrole nitrogens is 1. The van der Waals surface area contributed by atoms with Gasteiger partial charge in [0.25, 0.3) is 0 Å². The number of hydrogen-bond donors (Lipinski definition) is 3. The molecule has 0 radical (unpaired) electrons. The van der Waals surface area contributed by atoms with Gasteiger partial charge in [0.1, 0.15) is 11.6 Å². The maximum atomic E-state index is 13.3. The van der Waals surface area contributed by atoms with Crippen LogP contribution in [0.4, 0.5) is 15.8 Å². The summed E-state index contributed by atoms with van der Waals surface area (Å²) in [5.74, 6) is -0.0983. The van der Waals surface area contributed by atoms with E-state index in [1.54, 1.807) is 49.3 Å². The lowest BCUT2D eigenvalue weighted by molar-refractivity contribution is -0.117. The molecular formula is C20H22FN5O2. The lowest BCUT2D eigenvalue weighted by Gasteiger charge is -2.14. The molecule has 1 heterocycles. The number of rotatable bonds is 7. The van der Waals surface area contributed by atoms with Gasteiger partial charge in [0.2, 0.25) is 11.8 Å². The fourth-order valence-electron chi connectivity index (χ4n) is 2.78. The van der Waals surface area contributed by atoms with Gasteiger partial charge in [-0.25, -0.2) is 9.37 Å². The predicted octanol–water partition coefficient (Wildman–Crippen LogP) is 2.77. The highest BCUT2D eigenvalue weighted by molar-refractivity contribution is 6.00. The Morgan fingerprint density at radius 2 is 1.75 bits per heavy atom. The second-order valence-electron chi connectivity index (χ2n) is 6.72. The molecule has 0 atom stereocenters. The van der Waals surface area contributed by atoms with Crippen LogP contribution in [0.2, 0.25) is 0 Å². The zero-order valence-corrected chi connectivity index (χ0v) is 15.8. The Morgan fingerprint density at radius 3 is 2.43 bits per heavy atom. The molecule has 0 bridgehead atoms. The van der Waals surface area contributed by atoms with Gasteiger partial charge in [0.15, 0.2) is 0 Å². The van der Waals surface area contributed by atoms with E-state index in [2.05, 4.69) is 20.6 Å². The van der Waals surface area contributed by atoms with E-state index in [0.29, 0.717) is 34.7 Å². The van der Waals surface area contributed by atoms with Gasteiger partial charge in [0, 0.05) is 12.8 Å². The molecule has 3 rings (SSSR count). The van der Waals surface area contributed by atoms with Crippen molar-refractivity contribution >= 4 is 34.2 Å². The number of aromatic nitrogens is 2. The molecule has 0 aliphatic heterocycles. The lowest BCUT2D eigenvalue weighted by atomic mass is 10.2. The summed E-state index contributed by atoms with van der Waals surface area (Å²) in [7, 11) is 3.61. The minimum atomic E-state index is -0.339. The average molecular weight is 383 g/mol. The number of amides is 2. The average Bonchev–Trinajstić information content (AvgIpc) is 3.03. The summed E-state index contributed by atoms with van der Waals surface area (Å²) in [6, 6.07) is 11.3. The summed E-state index contributed by atoms with van der Waals surface area (Å²) in [4.78, 5) is 33.4. The number of benzene rings is 2. The molecule has 3 aromatic rings.